The predicted octanol–water partition coefficient (Wildman–Crippen LogP) is 5.39. The van der Waals surface area contributed by atoms with Crippen molar-refractivity contribution >= 4 is 27.6 Å². The van der Waals surface area contributed by atoms with Crippen molar-refractivity contribution in [3.8, 4) is 0 Å². The van der Waals surface area contributed by atoms with Gasteiger partial charge in [0.1, 0.15) is 11.6 Å². The molecule has 1 saturated heterocycles. The lowest BCUT2D eigenvalue weighted by Crippen LogP contribution is -2.52. The van der Waals surface area contributed by atoms with Crippen LogP contribution < -0.4 is 5.32 Å². The molecule has 0 atom stereocenters. The Morgan fingerprint density at radius 1 is 1.10 bits per heavy atom. The van der Waals surface area contributed by atoms with Gasteiger partial charge in [-0.2, -0.15) is 4.31 Å². The lowest BCUT2D eigenvalue weighted by molar-refractivity contribution is -0.135. The summed E-state index contributed by atoms with van der Waals surface area (Å²) in [5, 5.41) is 2.49. The van der Waals surface area contributed by atoms with Crippen molar-refractivity contribution in [2.45, 2.75) is 66.0 Å². The monoisotopic (exact) mass is 592 g/mol. The molecule has 2 aromatic carbocycles. The van der Waals surface area contributed by atoms with E-state index in [-0.39, 0.29) is 42.4 Å². The van der Waals surface area contributed by atoms with E-state index >= 15 is 0 Å². The van der Waals surface area contributed by atoms with Crippen molar-refractivity contribution in [2.24, 2.45) is 5.92 Å². The number of carbonyl (C=O) groups excluding carboxylic acids is 2. The number of amides is 3. The van der Waals surface area contributed by atoms with Gasteiger partial charge in [0.2, 0.25) is 15.9 Å². The van der Waals surface area contributed by atoms with Crippen LogP contribution in [0.25, 0.3) is 0 Å². The van der Waals surface area contributed by atoms with Crippen LogP contribution in [0.15, 0.2) is 42.5 Å². The Hall–Kier alpha value is -3.05. The van der Waals surface area contributed by atoms with Gasteiger partial charge in [-0.15, -0.1) is 0 Å². The number of nitrogens with one attached hydrogen (secondary N) is 1. The van der Waals surface area contributed by atoms with Crippen LogP contribution in [0.4, 0.5) is 19.3 Å². The summed E-state index contributed by atoms with van der Waals surface area (Å²) in [6.07, 6.45) is 2.06. The quantitative estimate of drug-likeness (QED) is 0.358. The number of likely N-dealkylation sites (tertiary alicyclic amines) is 1. The second-order valence-corrected chi connectivity index (χ2v) is 13.1. The zero-order valence-electron chi connectivity index (χ0n) is 24.4. The minimum absolute atomic E-state index is 0.0156. The van der Waals surface area contributed by atoms with Crippen LogP contribution in [0.1, 0.15) is 57.6 Å². The number of halogens is 2. The Morgan fingerprint density at radius 2 is 1.78 bits per heavy atom. The van der Waals surface area contributed by atoms with Crippen molar-refractivity contribution in [3.63, 3.8) is 0 Å². The Bertz CT molecular complexity index is 1300. The molecule has 1 fully saturated rings. The van der Waals surface area contributed by atoms with Crippen LogP contribution in [0.3, 0.4) is 0 Å². The summed E-state index contributed by atoms with van der Waals surface area (Å²) in [5.41, 5.74) is 1.89. The molecule has 0 saturated carbocycles. The van der Waals surface area contributed by atoms with Gasteiger partial charge in [-0.3, -0.25) is 4.79 Å². The standard InChI is InChI=1S/C30H42F2N4O4S/c1-5-18-41(39,40)35(17-12-22(2)3)21-29(37)36(20-24-9-7-6-8-23(24)4)26-13-15-34(16-14-26)30(38)33-28-11-10-25(31)19-27(28)32/h6-11,19,22,26H,5,12-18,20-21H2,1-4H3,(H,33,38). The van der Waals surface area contributed by atoms with Crippen LogP contribution in [0.5, 0.6) is 0 Å². The maximum atomic E-state index is 14.0. The third-order valence-electron chi connectivity index (χ3n) is 7.41. The number of urea groups is 1. The molecule has 41 heavy (non-hydrogen) atoms. The summed E-state index contributed by atoms with van der Waals surface area (Å²) in [6.45, 7) is 8.84. The first-order valence-electron chi connectivity index (χ1n) is 14.2. The third kappa shape index (κ3) is 9.22. The number of sulfonamides is 1. The number of anilines is 1. The number of hydrogen-bond donors (Lipinski definition) is 1. The number of aryl methyl sites for hydroxylation is 1. The maximum absolute atomic E-state index is 14.0. The third-order valence-corrected chi connectivity index (χ3v) is 9.43. The molecule has 2 aromatic rings. The number of rotatable bonds is 12. The molecule has 0 unspecified atom stereocenters. The molecular formula is C30H42F2N4O4S. The number of hydrogen-bond acceptors (Lipinski definition) is 4. The fourth-order valence-electron chi connectivity index (χ4n) is 4.91. The van der Waals surface area contributed by atoms with Gasteiger partial charge in [-0.25, -0.2) is 22.0 Å². The van der Waals surface area contributed by atoms with E-state index in [0.29, 0.717) is 51.4 Å². The second-order valence-electron chi connectivity index (χ2n) is 11.1. The van der Waals surface area contributed by atoms with Crippen LogP contribution in [0.2, 0.25) is 0 Å². The Kier molecular flexibility index (Phi) is 11.7. The number of benzene rings is 2. The molecule has 0 spiro atoms. The lowest BCUT2D eigenvalue weighted by atomic mass is 10.0. The summed E-state index contributed by atoms with van der Waals surface area (Å²) in [6, 6.07) is 10.0. The molecular weight excluding hydrogens is 550 g/mol. The molecule has 0 bridgehead atoms. The topological polar surface area (TPSA) is 90.0 Å². The van der Waals surface area contributed by atoms with Crippen molar-refractivity contribution in [1.82, 2.24) is 14.1 Å². The van der Waals surface area contributed by atoms with E-state index in [1.807, 2.05) is 45.0 Å². The largest absolute Gasteiger partial charge is 0.334 e. The second kappa shape index (κ2) is 14.7. The number of piperidine rings is 1. The highest BCUT2D eigenvalue weighted by Crippen LogP contribution is 2.23. The van der Waals surface area contributed by atoms with Gasteiger partial charge in [-0.1, -0.05) is 45.0 Å². The van der Waals surface area contributed by atoms with Crippen molar-refractivity contribution in [1.29, 1.82) is 0 Å². The molecule has 226 valence electrons. The minimum atomic E-state index is -3.59. The van der Waals surface area contributed by atoms with Gasteiger partial charge in [0, 0.05) is 38.3 Å². The highest BCUT2D eigenvalue weighted by molar-refractivity contribution is 7.89. The average molecular weight is 593 g/mol. The zero-order chi connectivity index (χ0) is 30.2. The molecule has 0 aliphatic carbocycles. The maximum Gasteiger partial charge on any atom is 0.321 e. The predicted molar refractivity (Wildman–Crippen MR) is 157 cm³/mol. The van der Waals surface area contributed by atoms with Gasteiger partial charge >= 0.3 is 6.03 Å². The van der Waals surface area contributed by atoms with Crippen LogP contribution >= 0.6 is 0 Å². The van der Waals surface area contributed by atoms with Crippen LogP contribution in [-0.2, 0) is 21.4 Å². The SMILES string of the molecule is CCCS(=O)(=O)N(CCC(C)C)CC(=O)N(Cc1ccccc1C)C1CCN(C(=O)Nc2ccc(F)cc2F)CC1. The number of nitrogens with zero attached hydrogens (tertiary/aromatic N) is 3. The lowest BCUT2D eigenvalue weighted by Gasteiger charge is -2.39. The van der Waals surface area contributed by atoms with E-state index in [0.717, 1.165) is 17.2 Å². The summed E-state index contributed by atoms with van der Waals surface area (Å²) < 4.78 is 54.7. The summed E-state index contributed by atoms with van der Waals surface area (Å²) >= 11 is 0. The minimum Gasteiger partial charge on any atom is -0.334 e. The zero-order valence-corrected chi connectivity index (χ0v) is 25.2. The van der Waals surface area contributed by atoms with Gasteiger partial charge in [0.15, 0.2) is 0 Å². The van der Waals surface area contributed by atoms with Gasteiger partial charge in [0.25, 0.3) is 0 Å². The Balaban J connectivity index is 1.76. The molecule has 1 heterocycles. The molecule has 11 heteroatoms. The van der Waals surface area contributed by atoms with Gasteiger partial charge in [-0.05, 0) is 61.8 Å². The van der Waals surface area contributed by atoms with E-state index in [1.54, 1.807) is 11.8 Å². The molecule has 0 radical (unpaired) electrons. The molecule has 1 N–H and O–H groups in total. The van der Waals surface area contributed by atoms with E-state index in [9.17, 15) is 26.8 Å². The summed E-state index contributed by atoms with van der Waals surface area (Å²) in [5.74, 6) is -1.59. The first-order chi connectivity index (χ1) is 19.4. The molecule has 3 rings (SSSR count). The van der Waals surface area contributed by atoms with E-state index in [4.69, 9.17) is 0 Å². The van der Waals surface area contributed by atoms with Gasteiger partial charge in [0.05, 0.1) is 18.0 Å². The first-order valence-corrected chi connectivity index (χ1v) is 15.8. The fraction of sp³-hybridized carbons (Fsp3) is 0.533. The summed E-state index contributed by atoms with van der Waals surface area (Å²) in [4.78, 5) is 29.9. The fourth-order valence-corrected chi connectivity index (χ4v) is 6.37. The Morgan fingerprint density at radius 3 is 2.39 bits per heavy atom. The smallest absolute Gasteiger partial charge is 0.321 e. The first kappa shape index (κ1) is 32.5. The van der Waals surface area contributed by atoms with E-state index < -0.39 is 27.7 Å². The normalized spacial score (nSPS) is 14.5. The van der Waals surface area contributed by atoms with Crippen LogP contribution in [-0.4, -0.2) is 72.4 Å². The van der Waals surface area contributed by atoms with E-state index in [1.165, 1.54) is 15.3 Å². The molecule has 0 aromatic heterocycles. The highest BCUT2D eigenvalue weighted by atomic mass is 32.2. The van der Waals surface area contributed by atoms with Crippen LogP contribution in [0, 0.1) is 24.5 Å². The summed E-state index contributed by atoms with van der Waals surface area (Å²) in [7, 11) is -3.59. The molecule has 8 nitrogen and oxygen atoms in total. The average Bonchev–Trinajstić information content (AvgIpc) is 2.91. The van der Waals surface area contributed by atoms with E-state index in [2.05, 4.69) is 5.32 Å². The van der Waals surface area contributed by atoms with Crippen molar-refractivity contribution < 1.29 is 26.8 Å². The molecule has 3 amide bonds. The molecule has 1 aliphatic rings. The van der Waals surface area contributed by atoms with Crippen molar-refractivity contribution in [3.05, 3.63) is 65.2 Å². The highest BCUT2D eigenvalue weighted by Gasteiger charge is 2.33. The van der Waals surface area contributed by atoms with Gasteiger partial charge < -0.3 is 15.1 Å². The Labute approximate surface area is 242 Å². The van der Waals surface area contributed by atoms with Crippen molar-refractivity contribution in [2.75, 3.05) is 37.2 Å². The number of carbonyl (C=O) groups is 2. The molecule has 1 aliphatic heterocycles.